The number of nitrogens with one attached hydrogen (secondary N) is 1. The number of rotatable bonds is 9. The Kier molecular flexibility index (Phi) is 7.57. The Morgan fingerprint density at radius 2 is 1.94 bits per heavy atom. The van der Waals surface area contributed by atoms with E-state index in [0.29, 0.717) is 19.4 Å². The first kappa shape index (κ1) is 25.0. The molecule has 2 saturated heterocycles. The van der Waals surface area contributed by atoms with E-state index in [4.69, 9.17) is 23.7 Å². The SMILES string of the molecule is COC(=O)[C@@H](CC(C)C)NC(=O)O[C@@H]1CC[C@]2(CO2)[C@@H]([C@@]2(C)O[C@@H]2CC=C(C)C)[C@@H]1OC. The largest absolute Gasteiger partial charge is 0.467 e. The van der Waals surface area contributed by atoms with Crippen LogP contribution in [0.25, 0.3) is 0 Å². The molecule has 3 aliphatic rings. The molecule has 1 N–H and O–H groups in total. The molecular formula is C24H39NO7. The third kappa shape index (κ3) is 5.29. The molecule has 1 amide bonds. The average Bonchev–Trinajstić information content (AvgIpc) is 3.63. The van der Waals surface area contributed by atoms with Gasteiger partial charge in [0.15, 0.2) is 0 Å². The molecule has 0 unspecified atom stereocenters. The lowest BCUT2D eigenvalue weighted by Crippen LogP contribution is -2.56. The molecule has 0 radical (unpaired) electrons. The Morgan fingerprint density at radius 3 is 2.47 bits per heavy atom. The van der Waals surface area contributed by atoms with Gasteiger partial charge >= 0.3 is 12.1 Å². The van der Waals surface area contributed by atoms with Crippen LogP contribution in [-0.2, 0) is 28.5 Å². The van der Waals surface area contributed by atoms with Crippen molar-refractivity contribution in [2.45, 2.75) is 95.9 Å². The van der Waals surface area contributed by atoms with Crippen LogP contribution in [0.1, 0.15) is 60.3 Å². The molecule has 8 heteroatoms. The number of epoxide rings is 2. The molecule has 0 aromatic rings. The minimum atomic E-state index is -0.747. The van der Waals surface area contributed by atoms with Gasteiger partial charge in [-0.15, -0.1) is 0 Å². The van der Waals surface area contributed by atoms with Crippen molar-refractivity contribution in [1.82, 2.24) is 5.32 Å². The summed E-state index contributed by atoms with van der Waals surface area (Å²) >= 11 is 0. The van der Waals surface area contributed by atoms with E-state index in [1.165, 1.54) is 12.7 Å². The highest BCUT2D eigenvalue weighted by Crippen LogP contribution is 2.59. The zero-order chi connectivity index (χ0) is 23.7. The number of ether oxygens (including phenoxy) is 5. The summed E-state index contributed by atoms with van der Waals surface area (Å²) in [6, 6.07) is -0.747. The molecule has 2 aliphatic heterocycles. The van der Waals surface area contributed by atoms with E-state index in [1.54, 1.807) is 7.11 Å². The van der Waals surface area contributed by atoms with Crippen molar-refractivity contribution in [3.63, 3.8) is 0 Å². The molecule has 2 heterocycles. The second-order valence-electron chi connectivity index (χ2n) is 10.2. The van der Waals surface area contributed by atoms with Gasteiger partial charge in [0.25, 0.3) is 0 Å². The molecule has 32 heavy (non-hydrogen) atoms. The molecule has 8 nitrogen and oxygen atoms in total. The lowest BCUT2D eigenvalue weighted by molar-refractivity contribution is -0.143. The molecule has 0 bridgehead atoms. The Hall–Kier alpha value is -1.64. The van der Waals surface area contributed by atoms with Gasteiger partial charge in [-0.3, -0.25) is 0 Å². The molecule has 0 aromatic carbocycles. The van der Waals surface area contributed by atoms with Gasteiger partial charge in [-0.25, -0.2) is 9.59 Å². The molecule has 3 rings (SSSR count). The third-order valence-electron chi connectivity index (χ3n) is 6.98. The predicted molar refractivity (Wildman–Crippen MR) is 118 cm³/mol. The number of allylic oxidation sites excluding steroid dienone is 1. The lowest BCUT2D eigenvalue weighted by Gasteiger charge is -2.42. The average molecular weight is 454 g/mol. The van der Waals surface area contributed by atoms with Crippen LogP contribution in [0.4, 0.5) is 4.79 Å². The van der Waals surface area contributed by atoms with Gasteiger partial charge < -0.3 is 29.0 Å². The third-order valence-corrected chi connectivity index (χ3v) is 6.98. The number of hydrogen-bond donors (Lipinski definition) is 1. The van der Waals surface area contributed by atoms with Gasteiger partial charge in [0.2, 0.25) is 0 Å². The maximum Gasteiger partial charge on any atom is 0.408 e. The molecule has 1 spiro atoms. The van der Waals surface area contributed by atoms with E-state index in [0.717, 1.165) is 12.8 Å². The molecule has 1 saturated carbocycles. The fraction of sp³-hybridized carbons (Fsp3) is 0.833. The fourth-order valence-electron chi connectivity index (χ4n) is 5.21. The Bertz CT molecular complexity index is 728. The van der Waals surface area contributed by atoms with Gasteiger partial charge in [-0.2, -0.15) is 0 Å². The number of esters is 1. The van der Waals surface area contributed by atoms with E-state index in [1.807, 2.05) is 13.8 Å². The Labute approximate surface area is 191 Å². The highest BCUT2D eigenvalue weighted by molar-refractivity contribution is 5.81. The quantitative estimate of drug-likeness (QED) is 0.325. The topological polar surface area (TPSA) is 98.9 Å². The van der Waals surface area contributed by atoms with Gasteiger partial charge in [0.1, 0.15) is 29.5 Å². The minimum Gasteiger partial charge on any atom is -0.467 e. The number of methoxy groups -OCH3 is 2. The second-order valence-corrected chi connectivity index (χ2v) is 10.2. The standard InChI is InChI=1S/C24H39NO7/c1-14(2)8-9-18-23(5,32-18)20-19(28-6)17(10-11-24(20)13-30-24)31-22(27)25-16(12-15(3)4)21(26)29-7/h8,15-20H,9-13H2,1-7H3,(H,25,27)/t16-,17-,18-,19-,20-,23+,24+/m1/s1. The van der Waals surface area contributed by atoms with Crippen molar-refractivity contribution in [1.29, 1.82) is 0 Å². The fourth-order valence-corrected chi connectivity index (χ4v) is 5.21. The van der Waals surface area contributed by atoms with Gasteiger partial charge in [0.05, 0.1) is 25.7 Å². The Morgan fingerprint density at radius 1 is 1.25 bits per heavy atom. The summed E-state index contributed by atoms with van der Waals surface area (Å²) in [6.07, 6.45) is 3.53. The number of carbonyl (C=O) groups excluding carboxylic acids is 2. The first-order valence-corrected chi connectivity index (χ1v) is 11.6. The molecule has 1 aliphatic carbocycles. The highest BCUT2D eigenvalue weighted by Gasteiger charge is 2.72. The van der Waals surface area contributed by atoms with Gasteiger partial charge in [0, 0.05) is 7.11 Å². The van der Waals surface area contributed by atoms with Crippen LogP contribution >= 0.6 is 0 Å². The smallest absolute Gasteiger partial charge is 0.408 e. The summed E-state index contributed by atoms with van der Waals surface area (Å²) < 4.78 is 28.7. The normalized spacial score (nSPS) is 36.4. The van der Waals surface area contributed by atoms with Crippen molar-refractivity contribution in [2.75, 3.05) is 20.8 Å². The maximum atomic E-state index is 12.7. The van der Waals surface area contributed by atoms with Crippen LogP contribution < -0.4 is 5.32 Å². The first-order valence-electron chi connectivity index (χ1n) is 11.6. The van der Waals surface area contributed by atoms with Crippen molar-refractivity contribution < 1.29 is 33.3 Å². The first-order chi connectivity index (χ1) is 15.1. The minimum absolute atomic E-state index is 0.0471. The van der Waals surface area contributed by atoms with Crippen LogP contribution in [0, 0.1) is 11.8 Å². The van der Waals surface area contributed by atoms with Crippen LogP contribution in [0.15, 0.2) is 11.6 Å². The number of carbonyl (C=O) groups is 2. The van der Waals surface area contributed by atoms with E-state index in [2.05, 4.69) is 32.2 Å². The molecule has 7 atom stereocenters. The van der Waals surface area contributed by atoms with Crippen LogP contribution in [-0.4, -0.2) is 68.4 Å². The van der Waals surface area contributed by atoms with Crippen LogP contribution in [0.5, 0.6) is 0 Å². The number of alkyl carbamates (subject to hydrolysis) is 1. The molecule has 182 valence electrons. The highest BCUT2D eigenvalue weighted by atomic mass is 16.6. The number of amides is 1. The van der Waals surface area contributed by atoms with Crippen molar-refractivity contribution in [3.05, 3.63) is 11.6 Å². The zero-order valence-electron chi connectivity index (χ0n) is 20.4. The maximum absolute atomic E-state index is 12.7. The molecule has 0 aromatic heterocycles. The number of hydrogen-bond acceptors (Lipinski definition) is 7. The molecular weight excluding hydrogens is 414 g/mol. The van der Waals surface area contributed by atoms with Gasteiger partial charge in [-0.1, -0.05) is 25.5 Å². The van der Waals surface area contributed by atoms with Gasteiger partial charge in [-0.05, 0) is 52.4 Å². The van der Waals surface area contributed by atoms with E-state index in [9.17, 15) is 9.59 Å². The lowest BCUT2D eigenvalue weighted by atomic mass is 9.68. The van der Waals surface area contributed by atoms with Crippen molar-refractivity contribution in [3.8, 4) is 0 Å². The van der Waals surface area contributed by atoms with E-state index >= 15 is 0 Å². The summed E-state index contributed by atoms with van der Waals surface area (Å²) in [6.45, 7) is 10.9. The van der Waals surface area contributed by atoms with Crippen molar-refractivity contribution >= 4 is 12.1 Å². The second kappa shape index (κ2) is 9.69. The van der Waals surface area contributed by atoms with Crippen LogP contribution in [0.3, 0.4) is 0 Å². The summed E-state index contributed by atoms with van der Waals surface area (Å²) in [5, 5.41) is 2.68. The summed E-state index contributed by atoms with van der Waals surface area (Å²) in [4.78, 5) is 24.8. The van der Waals surface area contributed by atoms with Crippen molar-refractivity contribution in [2.24, 2.45) is 11.8 Å². The van der Waals surface area contributed by atoms with Crippen LogP contribution in [0.2, 0.25) is 0 Å². The van der Waals surface area contributed by atoms with E-state index < -0.39 is 29.8 Å². The summed E-state index contributed by atoms with van der Waals surface area (Å²) in [5.74, 6) is -0.317. The summed E-state index contributed by atoms with van der Waals surface area (Å²) in [7, 11) is 2.95. The predicted octanol–water partition coefficient (Wildman–Crippen LogP) is 3.38. The summed E-state index contributed by atoms with van der Waals surface area (Å²) in [5.41, 5.74) is 0.581. The zero-order valence-corrected chi connectivity index (χ0v) is 20.4. The monoisotopic (exact) mass is 453 g/mol. The Balaban J connectivity index is 1.69. The van der Waals surface area contributed by atoms with E-state index in [-0.39, 0.29) is 29.6 Å². The molecule has 3 fully saturated rings.